The van der Waals surface area contributed by atoms with Crippen LogP contribution in [0.1, 0.15) is 49.0 Å². The highest BCUT2D eigenvalue weighted by Crippen LogP contribution is 2.19. The van der Waals surface area contributed by atoms with Gasteiger partial charge in [-0.2, -0.15) is 0 Å². The Morgan fingerprint density at radius 3 is 2.81 bits per heavy atom. The lowest BCUT2D eigenvalue weighted by atomic mass is 10.1. The van der Waals surface area contributed by atoms with Gasteiger partial charge in [-0.3, -0.25) is 4.79 Å². The number of nitrogens with zero attached hydrogens (tertiary/aromatic N) is 2. The van der Waals surface area contributed by atoms with Gasteiger partial charge in [0.15, 0.2) is 0 Å². The van der Waals surface area contributed by atoms with E-state index in [1.54, 1.807) is 19.4 Å². The number of ether oxygens (including phenoxy) is 1. The van der Waals surface area contributed by atoms with Crippen LogP contribution in [0.15, 0.2) is 12.3 Å². The Kier molecular flexibility index (Phi) is 6.40. The predicted molar refractivity (Wildman–Crippen MR) is 81.4 cm³/mol. The molecule has 0 radical (unpaired) electrons. The third-order valence-corrected chi connectivity index (χ3v) is 3.67. The largest absolute Gasteiger partial charge is 0.383 e. The monoisotopic (exact) mass is 292 g/mol. The van der Waals surface area contributed by atoms with Gasteiger partial charge >= 0.3 is 0 Å². The Morgan fingerprint density at radius 2 is 2.10 bits per heavy atom. The summed E-state index contributed by atoms with van der Waals surface area (Å²) in [6.07, 6.45) is 9.02. The second-order valence-corrected chi connectivity index (χ2v) is 5.35. The molecule has 1 amide bonds. The van der Waals surface area contributed by atoms with Crippen molar-refractivity contribution in [2.24, 2.45) is 0 Å². The highest BCUT2D eigenvalue weighted by molar-refractivity contribution is 5.92. The van der Waals surface area contributed by atoms with Gasteiger partial charge in [0.1, 0.15) is 5.69 Å². The SMILES string of the molecule is COCCNC(=O)c1ccnc(NC2CCCCCC2)n1. The molecule has 0 atom stereocenters. The van der Waals surface area contributed by atoms with Crippen molar-refractivity contribution in [3.8, 4) is 0 Å². The molecule has 0 saturated heterocycles. The van der Waals surface area contributed by atoms with Crippen LogP contribution in [0.2, 0.25) is 0 Å². The number of hydrogen-bond acceptors (Lipinski definition) is 5. The van der Waals surface area contributed by atoms with Crippen LogP contribution in [0.25, 0.3) is 0 Å². The molecule has 1 heterocycles. The zero-order chi connectivity index (χ0) is 14.9. The van der Waals surface area contributed by atoms with E-state index in [1.807, 2.05) is 0 Å². The summed E-state index contributed by atoms with van der Waals surface area (Å²) in [5, 5.41) is 6.12. The molecule has 1 aliphatic rings. The first-order valence-corrected chi connectivity index (χ1v) is 7.66. The summed E-state index contributed by atoms with van der Waals surface area (Å²) in [6, 6.07) is 2.04. The van der Waals surface area contributed by atoms with Gasteiger partial charge in [0.25, 0.3) is 5.91 Å². The van der Waals surface area contributed by atoms with Gasteiger partial charge in [-0.25, -0.2) is 9.97 Å². The van der Waals surface area contributed by atoms with Crippen molar-refractivity contribution in [2.75, 3.05) is 25.6 Å². The van der Waals surface area contributed by atoms with Crippen molar-refractivity contribution in [1.82, 2.24) is 15.3 Å². The topological polar surface area (TPSA) is 76.1 Å². The van der Waals surface area contributed by atoms with Crippen LogP contribution in [0.4, 0.5) is 5.95 Å². The zero-order valence-electron chi connectivity index (χ0n) is 12.6. The molecule has 2 rings (SSSR count). The number of anilines is 1. The predicted octanol–water partition coefficient (Wildman–Crippen LogP) is 1.99. The molecule has 1 aromatic heterocycles. The number of carbonyl (C=O) groups excluding carboxylic acids is 1. The number of aromatic nitrogens is 2. The van der Waals surface area contributed by atoms with E-state index in [1.165, 1.54) is 25.7 Å². The normalized spacial score (nSPS) is 16.2. The second-order valence-electron chi connectivity index (χ2n) is 5.35. The minimum atomic E-state index is -0.196. The molecule has 6 nitrogen and oxygen atoms in total. The molecule has 0 aromatic carbocycles. The van der Waals surface area contributed by atoms with Crippen molar-refractivity contribution >= 4 is 11.9 Å². The van der Waals surface area contributed by atoms with Crippen LogP contribution >= 0.6 is 0 Å². The second kappa shape index (κ2) is 8.56. The van der Waals surface area contributed by atoms with Crippen LogP contribution in [-0.2, 0) is 4.74 Å². The summed E-state index contributed by atoms with van der Waals surface area (Å²) in [6.45, 7) is 0.967. The molecule has 0 spiro atoms. The maximum absolute atomic E-state index is 11.9. The number of methoxy groups -OCH3 is 1. The lowest BCUT2D eigenvalue weighted by Crippen LogP contribution is -2.28. The first-order chi connectivity index (χ1) is 10.3. The van der Waals surface area contributed by atoms with Crippen LogP contribution in [0.3, 0.4) is 0 Å². The van der Waals surface area contributed by atoms with Crippen molar-refractivity contribution < 1.29 is 9.53 Å². The van der Waals surface area contributed by atoms with Gasteiger partial charge in [-0.05, 0) is 18.9 Å². The molecule has 6 heteroatoms. The van der Waals surface area contributed by atoms with E-state index in [0.29, 0.717) is 30.8 Å². The highest BCUT2D eigenvalue weighted by Gasteiger charge is 2.14. The van der Waals surface area contributed by atoms with Crippen LogP contribution in [-0.4, -0.2) is 42.2 Å². The molecule has 21 heavy (non-hydrogen) atoms. The van der Waals surface area contributed by atoms with Crippen molar-refractivity contribution in [3.05, 3.63) is 18.0 Å². The third kappa shape index (κ3) is 5.30. The van der Waals surface area contributed by atoms with E-state index < -0.39 is 0 Å². The lowest BCUT2D eigenvalue weighted by Gasteiger charge is -2.16. The summed E-state index contributed by atoms with van der Waals surface area (Å²) >= 11 is 0. The van der Waals surface area contributed by atoms with E-state index in [9.17, 15) is 4.79 Å². The zero-order valence-corrected chi connectivity index (χ0v) is 12.6. The minimum absolute atomic E-state index is 0.196. The molecule has 1 saturated carbocycles. The molecule has 1 aliphatic carbocycles. The molecular formula is C15H24N4O2. The van der Waals surface area contributed by atoms with Gasteiger partial charge in [-0.1, -0.05) is 25.7 Å². The van der Waals surface area contributed by atoms with E-state index >= 15 is 0 Å². The standard InChI is InChI=1S/C15H24N4O2/c1-21-11-10-16-14(20)13-8-9-17-15(19-13)18-12-6-4-2-3-5-7-12/h8-9,12H,2-7,10-11H2,1H3,(H,16,20)(H,17,18,19). The summed E-state index contributed by atoms with van der Waals surface area (Å²) < 4.78 is 4.90. The highest BCUT2D eigenvalue weighted by atomic mass is 16.5. The summed E-state index contributed by atoms with van der Waals surface area (Å²) in [5.41, 5.74) is 0.386. The molecule has 1 aromatic rings. The van der Waals surface area contributed by atoms with Gasteiger partial charge in [0.2, 0.25) is 5.95 Å². The molecule has 1 fully saturated rings. The third-order valence-electron chi connectivity index (χ3n) is 3.67. The van der Waals surface area contributed by atoms with E-state index in [2.05, 4.69) is 20.6 Å². The summed E-state index contributed by atoms with van der Waals surface area (Å²) in [4.78, 5) is 20.5. The molecule has 2 N–H and O–H groups in total. The van der Waals surface area contributed by atoms with Gasteiger partial charge in [-0.15, -0.1) is 0 Å². The Bertz CT molecular complexity index is 445. The quantitative estimate of drug-likeness (QED) is 0.619. The number of carbonyl (C=O) groups is 1. The van der Waals surface area contributed by atoms with E-state index in [-0.39, 0.29) is 5.91 Å². The van der Waals surface area contributed by atoms with Crippen LogP contribution in [0.5, 0.6) is 0 Å². The molecule has 116 valence electrons. The number of rotatable bonds is 6. The van der Waals surface area contributed by atoms with Gasteiger partial charge in [0.05, 0.1) is 6.61 Å². The first kappa shape index (κ1) is 15.7. The van der Waals surface area contributed by atoms with Crippen LogP contribution < -0.4 is 10.6 Å². The molecule has 0 unspecified atom stereocenters. The summed E-state index contributed by atoms with van der Waals surface area (Å²) in [5.74, 6) is 0.347. The number of nitrogens with one attached hydrogen (secondary N) is 2. The Hall–Kier alpha value is -1.69. The molecule has 0 bridgehead atoms. The fraction of sp³-hybridized carbons (Fsp3) is 0.667. The van der Waals surface area contributed by atoms with E-state index in [4.69, 9.17) is 4.74 Å². The average Bonchev–Trinajstić information content (AvgIpc) is 2.76. The first-order valence-electron chi connectivity index (χ1n) is 7.66. The fourth-order valence-electron chi connectivity index (χ4n) is 2.52. The Morgan fingerprint density at radius 1 is 1.33 bits per heavy atom. The Balaban J connectivity index is 1.91. The van der Waals surface area contributed by atoms with E-state index in [0.717, 1.165) is 12.8 Å². The minimum Gasteiger partial charge on any atom is -0.383 e. The summed E-state index contributed by atoms with van der Waals surface area (Å²) in [7, 11) is 1.60. The Labute approximate surface area is 125 Å². The van der Waals surface area contributed by atoms with Crippen molar-refractivity contribution in [3.63, 3.8) is 0 Å². The van der Waals surface area contributed by atoms with Crippen LogP contribution in [0, 0.1) is 0 Å². The number of amides is 1. The molecular weight excluding hydrogens is 268 g/mol. The van der Waals surface area contributed by atoms with Crippen molar-refractivity contribution in [1.29, 1.82) is 0 Å². The fourth-order valence-corrected chi connectivity index (χ4v) is 2.52. The average molecular weight is 292 g/mol. The maximum Gasteiger partial charge on any atom is 0.270 e. The van der Waals surface area contributed by atoms with Gasteiger partial charge < -0.3 is 15.4 Å². The molecule has 0 aliphatic heterocycles. The van der Waals surface area contributed by atoms with Gasteiger partial charge in [0, 0.05) is 25.9 Å². The maximum atomic E-state index is 11.9. The number of hydrogen-bond donors (Lipinski definition) is 2. The lowest BCUT2D eigenvalue weighted by molar-refractivity contribution is 0.0932. The smallest absolute Gasteiger partial charge is 0.270 e. The van der Waals surface area contributed by atoms with Crippen molar-refractivity contribution in [2.45, 2.75) is 44.6 Å².